The van der Waals surface area contributed by atoms with Crippen LogP contribution < -0.4 is 15.2 Å². The number of sulfone groups is 1. The first kappa shape index (κ1) is 29.2. The fourth-order valence-corrected chi connectivity index (χ4v) is 5.05. The van der Waals surface area contributed by atoms with Crippen LogP contribution in [0.1, 0.15) is 17.5 Å². The minimum Gasteiger partial charge on any atom is -0.504 e. The molecule has 12 nitrogen and oxygen atoms in total. The molecule has 4 rings (SSSR count). The lowest BCUT2D eigenvalue weighted by molar-refractivity contribution is -0.140. The Bertz CT molecular complexity index is 1660. The molecule has 0 saturated carbocycles. The molecule has 2 heterocycles. The van der Waals surface area contributed by atoms with Gasteiger partial charge in [0.15, 0.2) is 27.2 Å². The largest absolute Gasteiger partial charge is 0.504 e. The van der Waals surface area contributed by atoms with Crippen LogP contribution in [0.15, 0.2) is 52.5 Å². The van der Waals surface area contributed by atoms with Crippen LogP contribution in [0, 0.1) is 17.0 Å². The number of amidine groups is 2. The molecule has 2 aromatic carbocycles. The molecule has 41 heavy (non-hydrogen) atoms. The summed E-state index contributed by atoms with van der Waals surface area (Å²) in [5.74, 6) is -6.30. The second-order valence-electron chi connectivity index (χ2n) is 8.78. The van der Waals surface area contributed by atoms with E-state index >= 15 is 4.39 Å². The number of aromatic hydroxyl groups is 1. The number of benzene rings is 2. The summed E-state index contributed by atoms with van der Waals surface area (Å²) in [7, 11) is -1.10. The van der Waals surface area contributed by atoms with Gasteiger partial charge in [0.25, 0.3) is 5.88 Å². The van der Waals surface area contributed by atoms with Gasteiger partial charge in [0.1, 0.15) is 17.4 Å². The SMILES string of the molecule is COC(=O)CCS(=O)(=O)c1ccc(Oc2c(F)cnc(Oc3cc(C(=N)N)ccc3O)c2F)c(C2=NCCN2C)c1. The van der Waals surface area contributed by atoms with Crippen LogP contribution in [0.25, 0.3) is 0 Å². The van der Waals surface area contributed by atoms with E-state index in [1.165, 1.54) is 36.4 Å². The van der Waals surface area contributed by atoms with Gasteiger partial charge < -0.3 is 30.0 Å². The number of carbonyl (C=O) groups is 1. The molecular weight excluding hydrogens is 564 g/mol. The second-order valence-corrected chi connectivity index (χ2v) is 10.9. The molecule has 1 aliphatic heterocycles. The van der Waals surface area contributed by atoms with Gasteiger partial charge in [-0.05, 0) is 36.4 Å². The number of likely N-dealkylation sites (N-methyl/N-ethyl adjacent to an activating group) is 1. The van der Waals surface area contributed by atoms with Crippen LogP contribution in [0.2, 0.25) is 0 Å². The smallest absolute Gasteiger partial charge is 0.306 e. The zero-order valence-electron chi connectivity index (χ0n) is 21.8. The van der Waals surface area contributed by atoms with Gasteiger partial charge in [0.05, 0.1) is 42.5 Å². The summed E-state index contributed by atoms with van der Waals surface area (Å²) in [6, 6.07) is 7.35. The molecular formula is C26H25F2N5O7S. The molecule has 0 saturated heterocycles. The molecule has 0 aliphatic carbocycles. The Morgan fingerprint density at radius 1 is 1.17 bits per heavy atom. The molecule has 0 fully saturated rings. The first-order valence-electron chi connectivity index (χ1n) is 12.0. The van der Waals surface area contributed by atoms with E-state index in [2.05, 4.69) is 14.7 Å². The van der Waals surface area contributed by atoms with E-state index < -0.39 is 50.6 Å². The molecule has 4 N–H and O–H groups in total. The molecule has 0 radical (unpaired) electrons. The Morgan fingerprint density at radius 3 is 2.59 bits per heavy atom. The van der Waals surface area contributed by atoms with Crippen LogP contribution in [0.5, 0.6) is 28.9 Å². The number of phenols is 1. The van der Waals surface area contributed by atoms with Crippen molar-refractivity contribution in [2.45, 2.75) is 11.3 Å². The highest BCUT2D eigenvalue weighted by atomic mass is 32.2. The van der Waals surface area contributed by atoms with Crippen molar-refractivity contribution in [1.82, 2.24) is 9.88 Å². The van der Waals surface area contributed by atoms with Crippen molar-refractivity contribution in [3.63, 3.8) is 0 Å². The van der Waals surface area contributed by atoms with E-state index in [1.54, 1.807) is 11.9 Å². The number of aliphatic imine (C=N–C) groups is 1. The predicted molar refractivity (Wildman–Crippen MR) is 143 cm³/mol. The minimum atomic E-state index is -3.95. The number of hydrogen-bond acceptors (Lipinski definition) is 11. The average molecular weight is 590 g/mol. The molecule has 3 aromatic rings. The monoisotopic (exact) mass is 589 g/mol. The number of hydrogen-bond donors (Lipinski definition) is 3. The molecule has 0 spiro atoms. The number of nitrogens with two attached hydrogens (primary N) is 1. The van der Waals surface area contributed by atoms with Crippen LogP contribution in [-0.4, -0.2) is 74.0 Å². The highest BCUT2D eigenvalue weighted by Gasteiger charge is 2.27. The Balaban J connectivity index is 1.73. The van der Waals surface area contributed by atoms with Gasteiger partial charge >= 0.3 is 5.97 Å². The van der Waals surface area contributed by atoms with Gasteiger partial charge in [-0.25, -0.2) is 17.8 Å². The summed E-state index contributed by atoms with van der Waals surface area (Å²) in [6.45, 7) is 0.899. The molecule has 1 aromatic heterocycles. The summed E-state index contributed by atoms with van der Waals surface area (Å²) < 4.78 is 71.6. The number of phenolic OH excluding ortho intramolecular Hbond substituents is 1. The van der Waals surface area contributed by atoms with Crippen LogP contribution in [0.3, 0.4) is 0 Å². The molecule has 1 aliphatic rings. The Hall–Kier alpha value is -4.79. The number of ether oxygens (including phenoxy) is 3. The van der Waals surface area contributed by atoms with Crippen molar-refractivity contribution in [3.8, 4) is 28.9 Å². The van der Waals surface area contributed by atoms with Crippen LogP contribution in [0.4, 0.5) is 8.78 Å². The maximum atomic E-state index is 15.5. The third-order valence-corrected chi connectivity index (χ3v) is 7.71. The van der Waals surface area contributed by atoms with Gasteiger partial charge in [-0.3, -0.25) is 15.2 Å². The quantitative estimate of drug-likeness (QED) is 0.181. The highest BCUT2D eigenvalue weighted by molar-refractivity contribution is 7.91. The predicted octanol–water partition coefficient (Wildman–Crippen LogP) is 2.96. The third-order valence-electron chi connectivity index (χ3n) is 6.00. The summed E-state index contributed by atoms with van der Waals surface area (Å²) in [4.78, 5) is 21.0. The van der Waals surface area contributed by atoms with Crippen molar-refractivity contribution in [2.24, 2.45) is 10.7 Å². The number of nitrogen functional groups attached to an aromatic ring is 1. The van der Waals surface area contributed by atoms with Gasteiger partial charge in [-0.1, -0.05) is 0 Å². The van der Waals surface area contributed by atoms with E-state index in [4.69, 9.17) is 20.6 Å². The second kappa shape index (κ2) is 11.8. The molecule has 0 bridgehead atoms. The number of methoxy groups -OCH3 is 1. The number of pyridine rings is 1. The fourth-order valence-electron chi connectivity index (χ4n) is 3.80. The summed E-state index contributed by atoms with van der Waals surface area (Å²) in [5.41, 5.74) is 5.76. The van der Waals surface area contributed by atoms with E-state index in [1.807, 2.05) is 0 Å². The number of carbonyl (C=O) groups excluding carboxylic acids is 1. The highest BCUT2D eigenvalue weighted by Crippen LogP contribution is 2.38. The molecule has 15 heteroatoms. The Morgan fingerprint density at radius 2 is 1.93 bits per heavy atom. The Labute approximate surface area is 233 Å². The maximum absolute atomic E-state index is 15.5. The summed E-state index contributed by atoms with van der Waals surface area (Å²) in [6.07, 6.45) is 0.276. The minimum absolute atomic E-state index is 0.124. The summed E-state index contributed by atoms with van der Waals surface area (Å²) >= 11 is 0. The summed E-state index contributed by atoms with van der Waals surface area (Å²) in [5, 5.41) is 17.6. The maximum Gasteiger partial charge on any atom is 0.306 e. The number of esters is 1. The fraction of sp³-hybridized carbons (Fsp3) is 0.231. The van der Waals surface area contributed by atoms with Crippen LogP contribution in [-0.2, 0) is 19.4 Å². The normalized spacial score (nSPS) is 13.1. The van der Waals surface area contributed by atoms with E-state index in [0.717, 1.165) is 7.11 Å². The lowest BCUT2D eigenvalue weighted by Gasteiger charge is -2.19. The number of nitrogens with zero attached hydrogens (tertiary/aromatic N) is 3. The first-order valence-corrected chi connectivity index (χ1v) is 13.6. The molecule has 0 unspecified atom stereocenters. The number of nitrogens with one attached hydrogen (secondary N) is 1. The van der Waals surface area contributed by atoms with Gasteiger partial charge in [-0.2, -0.15) is 4.39 Å². The molecule has 216 valence electrons. The van der Waals surface area contributed by atoms with Crippen molar-refractivity contribution >= 4 is 27.5 Å². The van der Waals surface area contributed by atoms with Gasteiger partial charge in [0, 0.05) is 19.2 Å². The number of rotatable bonds is 10. The Kier molecular flexibility index (Phi) is 8.37. The topological polar surface area (TPSA) is 177 Å². The standard InChI is InChI=1S/C26H25F2N5O7S/c1-33-9-8-31-25(33)16-12-15(41(36,37)10-7-21(35)38-2)4-6-19(16)39-23-17(27)13-32-26(22(23)28)40-20-11-14(24(29)30)3-5-18(20)34/h3-6,11-13,34H,7-10H2,1-2H3,(H3,29,30). The van der Waals surface area contributed by atoms with Crippen molar-refractivity contribution in [2.75, 3.05) is 33.0 Å². The van der Waals surface area contributed by atoms with E-state index in [9.17, 15) is 22.7 Å². The first-order chi connectivity index (χ1) is 19.4. The lowest BCUT2D eigenvalue weighted by Crippen LogP contribution is -2.24. The average Bonchev–Trinajstić information content (AvgIpc) is 3.37. The zero-order valence-corrected chi connectivity index (χ0v) is 22.7. The molecule has 0 atom stereocenters. The van der Waals surface area contributed by atoms with Gasteiger partial charge in [-0.15, -0.1) is 0 Å². The van der Waals surface area contributed by atoms with Crippen molar-refractivity contribution in [1.29, 1.82) is 5.41 Å². The van der Waals surface area contributed by atoms with Crippen LogP contribution >= 0.6 is 0 Å². The molecule has 0 amide bonds. The van der Waals surface area contributed by atoms with Crippen molar-refractivity contribution < 1.29 is 41.3 Å². The lowest BCUT2D eigenvalue weighted by atomic mass is 10.1. The van der Waals surface area contributed by atoms with E-state index in [-0.39, 0.29) is 39.8 Å². The third kappa shape index (κ3) is 6.35. The number of aromatic nitrogens is 1. The zero-order chi connectivity index (χ0) is 29.9. The number of halogens is 2. The van der Waals surface area contributed by atoms with E-state index in [0.29, 0.717) is 25.1 Å². The van der Waals surface area contributed by atoms with Crippen molar-refractivity contribution in [3.05, 3.63) is 65.4 Å². The van der Waals surface area contributed by atoms with Gasteiger partial charge in [0.2, 0.25) is 11.6 Å².